The summed E-state index contributed by atoms with van der Waals surface area (Å²) in [4.78, 5) is 20.7. The maximum absolute atomic E-state index is 12.7. The molecule has 17 heavy (non-hydrogen) atoms. The van der Waals surface area contributed by atoms with Gasteiger partial charge in [0.25, 0.3) is 5.69 Å². The first kappa shape index (κ1) is 13.9. The molecule has 8 heteroatoms. The lowest BCUT2D eigenvalue weighted by molar-refractivity contribution is -0.386. The fourth-order valence-corrected chi connectivity index (χ4v) is 2.25. The Morgan fingerprint density at radius 2 is 1.94 bits per heavy atom. The van der Waals surface area contributed by atoms with Gasteiger partial charge in [0.1, 0.15) is 3.57 Å². The highest BCUT2D eigenvalue weighted by atomic mass is 127. The number of carbonyl (C=O) groups excluding carboxylic acids is 1. The smallest absolute Gasteiger partial charge is 0.294 e. The van der Waals surface area contributed by atoms with Gasteiger partial charge in [-0.25, -0.2) is 0 Å². The predicted molar refractivity (Wildman–Crippen MR) is 60.8 cm³/mol. The van der Waals surface area contributed by atoms with Crippen molar-refractivity contribution in [1.29, 1.82) is 0 Å². The lowest BCUT2D eigenvalue weighted by Crippen LogP contribution is -2.15. The molecule has 0 unspecified atom stereocenters. The number of nitro benzene ring substituents is 1. The van der Waals surface area contributed by atoms with Crippen LogP contribution in [0.1, 0.15) is 22.8 Å². The van der Waals surface area contributed by atoms with Crippen LogP contribution in [0.5, 0.6) is 0 Å². The lowest BCUT2D eigenvalue weighted by atomic mass is 10.0. The summed E-state index contributed by atoms with van der Waals surface area (Å²) < 4.78 is 37.6. The lowest BCUT2D eigenvalue weighted by Gasteiger charge is -2.12. The Morgan fingerprint density at radius 1 is 1.41 bits per heavy atom. The third-order valence-electron chi connectivity index (χ3n) is 1.98. The molecule has 0 amide bonds. The van der Waals surface area contributed by atoms with E-state index < -0.39 is 37.3 Å². The minimum Gasteiger partial charge on any atom is -0.294 e. The number of Topliss-reactive ketones (excluding diaryl/α,β-unsaturated/α-hetero) is 1. The molecule has 0 saturated carbocycles. The average molecular weight is 359 g/mol. The van der Waals surface area contributed by atoms with E-state index in [1.54, 1.807) is 0 Å². The standard InChI is InChI=1S/C9H5F3INO3/c1-4(15)5-2-3-6(14(16)17)8(13)7(5)9(10,11)12/h2-3H,1H3. The van der Waals surface area contributed by atoms with Gasteiger partial charge in [-0.05, 0) is 35.6 Å². The van der Waals surface area contributed by atoms with Crippen LogP contribution in [-0.2, 0) is 6.18 Å². The summed E-state index contributed by atoms with van der Waals surface area (Å²) in [5.74, 6) is -0.787. The number of rotatable bonds is 2. The Kier molecular flexibility index (Phi) is 3.74. The number of hydrogen-bond acceptors (Lipinski definition) is 3. The second-order valence-electron chi connectivity index (χ2n) is 3.13. The summed E-state index contributed by atoms with van der Waals surface area (Å²) in [7, 11) is 0. The van der Waals surface area contributed by atoms with Gasteiger partial charge in [0.2, 0.25) is 0 Å². The van der Waals surface area contributed by atoms with E-state index in [0.29, 0.717) is 0 Å². The summed E-state index contributed by atoms with van der Waals surface area (Å²) in [6.45, 7) is 0.979. The molecule has 0 aliphatic rings. The Balaban J connectivity index is 3.65. The van der Waals surface area contributed by atoms with Crippen LogP contribution in [0.3, 0.4) is 0 Å². The van der Waals surface area contributed by atoms with Crippen molar-refractivity contribution in [3.05, 3.63) is 36.9 Å². The van der Waals surface area contributed by atoms with Gasteiger partial charge < -0.3 is 0 Å². The van der Waals surface area contributed by atoms with Crippen LogP contribution in [0, 0.1) is 13.7 Å². The number of halogens is 4. The number of alkyl halides is 3. The highest BCUT2D eigenvalue weighted by molar-refractivity contribution is 14.1. The summed E-state index contributed by atoms with van der Waals surface area (Å²) in [6.07, 6.45) is -4.80. The van der Waals surface area contributed by atoms with Gasteiger partial charge in [-0.1, -0.05) is 0 Å². The molecule has 4 nitrogen and oxygen atoms in total. The summed E-state index contributed by atoms with van der Waals surface area (Å²) in [6, 6.07) is 1.72. The molecule has 0 spiro atoms. The molecular weight excluding hydrogens is 354 g/mol. The van der Waals surface area contributed by atoms with Crippen molar-refractivity contribution in [3.63, 3.8) is 0 Å². The van der Waals surface area contributed by atoms with Gasteiger partial charge in [-0.2, -0.15) is 13.2 Å². The second-order valence-corrected chi connectivity index (χ2v) is 4.21. The number of nitrogens with zero attached hydrogens (tertiary/aromatic N) is 1. The van der Waals surface area contributed by atoms with E-state index in [1.165, 1.54) is 22.6 Å². The molecule has 0 atom stereocenters. The zero-order valence-electron chi connectivity index (χ0n) is 8.34. The average Bonchev–Trinajstić information content (AvgIpc) is 2.14. The van der Waals surface area contributed by atoms with Crippen LogP contribution >= 0.6 is 22.6 Å². The normalized spacial score (nSPS) is 11.4. The van der Waals surface area contributed by atoms with E-state index in [2.05, 4.69) is 0 Å². The van der Waals surface area contributed by atoms with Crippen LogP contribution in [-0.4, -0.2) is 10.7 Å². The molecule has 0 aromatic heterocycles. The van der Waals surface area contributed by atoms with Crippen molar-refractivity contribution in [2.45, 2.75) is 13.1 Å². The topological polar surface area (TPSA) is 60.2 Å². The summed E-state index contributed by atoms with van der Waals surface area (Å²) in [5, 5.41) is 10.5. The SMILES string of the molecule is CC(=O)c1ccc([N+](=O)[O-])c(I)c1C(F)(F)F. The first-order valence-electron chi connectivity index (χ1n) is 4.21. The van der Waals surface area contributed by atoms with Crippen molar-refractivity contribution < 1.29 is 22.9 Å². The largest absolute Gasteiger partial charge is 0.418 e. The quantitative estimate of drug-likeness (QED) is 0.352. The molecular formula is C9H5F3INO3. The molecule has 0 bridgehead atoms. The Labute approximate surface area is 107 Å². The first-order chi connectivity index (χ1) is 7.66. The fourth-order valence-electron chi connectivity index (χ4n) is 1.28. The van der Waals surface area contributed by atoms with Crippen molar-refractivity contribution in [2.75, 3.05) is 0 Å². The molecule has 0 N–H and O–H groups in total. The minimum absolute atomic E-state index is 0.562. The van der Waals surface area contributed by atoms with Crippen LogP contribution in [0.25, 0.3) is 0 Å². The zero-order chi connectivity index (χ0) is 13.4. The van der Waals surface area contributed by atoms with Gasteiger partial charge in [-0.15, -0.1) is 0 Å². The van der Waals surface area contributed by atoms with Gasteiger partial charge in [0, 0.05) is 11.6 Å². The molecule has 1 aromatic carbocycles. The van der Waals surface area contributed by atoms with E-state index in [1.807, 2.05) is 0 Å². The minimum atomic E-state index is -4.80. The van der Waals surface area contributed by atoms with Gasteiger partial charge in [0.05, 0.1) is 10.5 Å². The maximum atomic E-state index is 12.7. The van der Waals surface area contributed by atoms with Crippen LogP contribution < -0.4 is 0 Å². The highest BCUT2D eigenvalue weighted by Gasteiger charge is 2.39. The molecule has 92 valence electrons. The molecule has 0 radical (unpaired) electrons. The van der Waals surface area contributed by atoms with Gasteiger partial charge >= 0.3 is 6.18 Å². The number of nitro groups is 1. The number of ketones is 1. The van der Waals surface area contributed by atoms with E-state index in [-0.39, 0.29) is 0 Å². The van der Waals surface area contributed by atoms with Crippen molar-refractivity contribution in [2.24, 2.45) is 0 Å². The third kappa shape index (κ3) is 2.73. The maximum Gasteiger partial charge on any atom is 0.418 e. The molecule has 0 saturated heterocycles. The molecule has 1 aromatic rings. The Morgan fingerprint density at radius 3 is 2.29 bits per heavy atom. The predicted octanol–water partition coefficient (Wildman–Crippen LogP) is 3.42. The molecule has 0 aliphatic heterocycles. The second kappa shape index (κ2) is 4.59. The Bertz CT molecular complexity index is 499. The molecule has 0 aliphatic carbocycles. The van der Waals surface area contributed by atoms with Crippen LogP contribution in [0.4, 0.5) is 18.9 Å². The number of benzene rings is 1. The monoisotopic (exact) mass is 359 g/mol. The van der Waals surface area contributed by atoms with E-state index in [9.17, 15) is 28.1 Å². The highest BCUT2D eigenvalue weighted by Crippen LogP contribution is 2.39. The third-order valence-corrected chi connectivity index (χ3v) is 3.07. The molecule has 1 rings (SSSR count). The molecule has 0 heterocycles. The number of carbonyl (C=O) groups is 1. The van der Waals surface area contributed by atoms with Crippen LogP contribution in [0.15, 0.2) is 12.1 Å². The van der Waals surface area contributed by atoms with Crippen molar-refractivity contribution in [1.82, 2.24) is 0 Å². The molecule has 0 fully saturated rings. The zero-order valence-corrected chi connectivity index (χ0v) is 10.5. The van der Waals surface area contributed by atoms with Gasteiger partial charge in [-0.3, -0.25) is 14.9 Å². The van der Waals surface area contributed by atoms with E-state index in [0.717, 1.165) is 19.1 Å². The summed E-state index contributed by atoms with van der Waals surface area (Å²) in [5.41, 5.74) is -2.48. The van der Waals surface area contributed by atoms with Gasteiger partial charge in [0.15, 0.2) is 5.78 Å². The van der Waals surface area contributed by atoms with Crippen molar-refractivity contribution >= 4 is 34.1 Å². The summed E-state index contributed by atoms with van der Waals surface area (Å²) >= 11 is 1.23. The van der Waals surface area contributed by atoms with E-state index in [4.69, 9.17) is 0 Å². The fraction of sp³-hybridized carbons (Fsp3) is 0.222. The van der Waals surface area contributed by atoms with Crippen molar-refractivity contribution in [3.8, 4) is 0 Å². The number of hydrogen-bond donors (Lipinski definition) is 0. The van der Waals surface area contributed by atoms with E-state index >= 15 is 0 Å². The van der Waals surface area contributed by atoms with Crippen LogP contribution in [0.2, 0.25) is 0 Å². The Hall–Kier alpha value is -1.19. The first-order valence-corrected chi connectivity index (χ1v) is 5.29.